The number of hydrogen-bond donors (Lipinski definition) is 2. The molecule has 1 amide bonds. The normalized spacial score (nSPS) is 15.0. The number of anilines is 1. The summed E-state index contributed by atoms with van der Waals surface area (Å²) in [5.41, 5.74) is 1.35. The Labute approximate surface area is 216 Å². The molecule has 6 nitrogen and oxygen atoms in total. The van der Waals surface area contributed by atoms with Crippen LogP contribution in [0.5, 0.6) is 0 Å². The Kier molecular flexibility index (Phi) is 6.93. The fourth-order valence-corrected chi connectivity index (χ4v) is 5.23. The molecule has 4 aromatic rings. The molecule has 1 atom stereocenters. The molecule has 0 radical (unpaired) electrons. The molecule has 1 saturated carbocycles. The number of amides is 1. The lowest BCUT2D eigenvalue weighted by Gasteiger charge is -2.32. The fraction of sp³-hybridized carbons (Fsp3) is 0.250. The van der Waals surface area contributed by atoms with E-state index in [1.807, 2.05) is 4.57 Å². The van der Waals surface area contributed by atoms with E-state index in [9.17, 15) is 18.4 Å². The van der Waals surface area contributed by atoms with Crippen LogP contribution in [0.2, 0.25) is 5.02 Å². The highest BCUT2D eigenvalue weighted by Crippen LogP contribution is 2.39. The molecule has 190 valence electrons. The predicted octanol–water partition coefficient (Wildman–Crippen LogP) is 7.09. The Morgan fingerprint density at radius 2 is 1.73 bits per heavy atom. The third-order valence-electron chi connectivity index (χ3n) is 6.87. The summed E-state index contributed by atoms with van der Waals surface area (Å²) >= 11 is 6.10. The van der Waals surface area contributed by atoms with E-state index in [1.165, 1.54) is 24.3 Å². The van der Waals surface area contributed by atoms with Crippen LogP contribution in [0, 0.1) is 17.6 Å². The summed E-state index contributed by atoms with van der Waals surface area (Å²) in [7, 11) is 0. The van der Waals surface area contributed by atoms with Crippen molar-refractivity contribution in [3.05, 3.63) is 82.9 Å². The van der Waals surface area contributed by atoms with E-state index < -0.39 is 29.6 Å². The number of carboxylic acid groups (broad SMARTS) is 1. The monoisotopic (exact) mass is 523 g/mol. The molecule has 0 spiro atoms. The molecule has 1 aromatic heterocycles. The maximum Gasteiger partial charge on any atom is 0.335 e. The molecule has 1 fully saturated rings. The minimum atomic E-state index is -1.26. The van der Waals surface area contributed by atoms with Crippen LogP contribution >= 0.6 is 11.6 Å². The second kappa shape index (κ2) is 10.3. The number of nitrogens with zero attached hydrogens (tertiary/aromatic N) is 2. The third kappa shape index (κ3) is 5.06. The highest BCUT2D eigenvalue weighted by molar-refractivity contribution is 6.30. The molecule has 2 N–H and O–H groups in total. The number of imidazole rings is 1. The lowest BCUT2D eigenvalue weighted by Crippen LogP contribution is -2.34. The average molecular weight is 524 g/mol. The molecule has 0 saturated heterocycles. The molecule has 5 rings (SSSR count). The van der Waals surface area contributed by atoms with Crippen molar-refractivity contribution >= 4 is 40.2 Å². The van der Waals surface area contributed by atoms with Crippen LogP contribution in [0.25, 0.3) is 22.4 Å². The first-order valence-corrected chi connectivity index (χ1v) is 12.5. The number of benzene rings is 3. The molecule has 0 aliphatic heterocycles. The fourth-order valence-electron chi connectivity index (χ4n) is 5.10. The third-order valence-corrected chi connectivity index (χ3v) is 7.12. The van der Waals surface area contributed by atoms with Crippen LogP contribution in [0.15, 0.2) is 60.7 Å². The van der Waals surface area contributed by atoms with Gasteiger partial charge in [0, 0.05) is 16.7 Å². The lowest BCUT2D eigenvalue weighted by molar-refractivity contribution is -0.121. The summed E-state index contributed by atoms with van der Waals surface area (Å²) < 4.78 is 30.7. The van der Waals surface area contributed by atoms with Gasteiger partial charge in [0.05, 0.1) is 22.3 Å². The lowest BCUT2D eigenvalue weighted by atomic mass is 9.83. The van der Waals surface area contributed by atoms with Gasteiger partial charge >= 0.3 is 5.97 Å². The number of aromatic carboxylic acids is 1. The Balaban J connectivity index is 1.64. The molecule has 9 heteroatoms. The second-order valence-electron chi connectivity index (χ2n) is 9.28. The molecule has 37 heavy (non-hydrogen) atoms. The van der Waals surface area contributed by atoms with Crippen molar-refractivity contribution in [2.24, 2.45) is 5.92 Å². The number of halogens is 3. The number of aromatic nitrogens is 2. The van der Waals surface area contributed by atoms with Crippen molar-refractivity contribution in [1.82, 2.24) is 9.55 Å². The molecule has 0 bridgehead atoms. The topological polar surface area (TPSA) is 84.2 Å². The predicted molar refractivity (Wildman–Crippen MR) is 138 cm³/mol. The van der Waals surface area contributed by atoms with Crippen LogP contribution in [0.3, 0.4) is 0 Å². The Bertz CT molecular complexity index is 1480. The van der Waals surface area contributed by atoms with Crippen LogP contribution < -0.4 is 5.32 Å². The van der Waals surface area contributed by atoms with Crippen LogP contribution in [-0.2, 0) is 4.79 Å². The van der Waals surface area contributed by atoms with E-state index in [1.54, 1.807) is 30.3 Å². The number of carbonyl (C=O) groups excluding carboxylic acids is 1. The highest BCUT2D eigenvalue weighted by Gasteiger charge is 2.35. The van der Waals surface area contributed by atoms with E-state index in [0.29, 0.717) is 27.4 Å². The van der Waals surface area contributed by atoms with E-state index in [-0.39, 0.29) is 17.2 Å². The van der Waals surface area contributed by atoms with Gasteiger partial charge in [0.25, 0.3) is 0 Å². The van der Waals surface area contributed by atoms with E-state index >= 15 is 0 Å². The van der Waals surface area contributed by atoms with Crippen molar-refractivity contribution in [2.75, 3.05) is 5.32 Å². The number of rotatable bonds is 6. The maximum atomic E-state index is 14.7. The van der Waals surface area contributed by atoms with Crippen molar-refractivity contribution in [3.63, 3.8) is 0 Å². The zero-order valence-corrected chi connectivity index (χ0v) is 20.5. The zero-order chi connectivity index (χ0) is 26.1. The standard InChI is InChI=1S/C28H24ClF2N3O3/c29-19-9-6-17(7-10-19)26-32-23-15-20(30)11-13-24(23)34(26)25(16-4-2-1-3-5-16)27(35)33-22-12-8-18(28(36)37)14-21(22)31/h6-16,25H,1-5H2,(H,33,35)(H,36,37). The first kappa shape index (κ1) is 24.9. The summed E-state index contributed by atoms with van der Waals surface area (Å²) in [6.07, 6.45) is 4.55. The number of nitrogens with one attached hydrogen (secondary N) is 1. The summed E-state index contributed by atoms with van der Waals surface area (Å²) in [6.45, 7) is 0. The van der Waals surface area contributed by atoms with Crippen molar-refractivity contribution in [2.45, 2.75) is 38.1 Å². The first-order valence-electron chi connectivity index (χ1n) is 12.1. The molecule has 1 unspecified atom stereocenters. The first-order chi connectivity index (χ1) is 17.8. The summed E-state index contributed by atoms with van der Waals surface area (Å²) in [4.78, 5) is 29.8. The number of fused-ring (bicyclic) bond motifs is 1. The van der Waals surface area contributed by atoms with E-state index in [2.05, 4.69) is 10.3 Å². The average Bonchev–Trinajstić information content (AvgIpc) is 3.24. The molecular formula is C28H24ClF2N3O3. The largest absolute Gasteiger partial charge is 0.478 e. The van der Waals surface area contributed by atoms with Gasteiger partial charge in [-0.3, -0.25) is 4.79 Å². The Morgan fingerprint density at radius 1 is 1.00 bits per heavy atom. The SMILES string of the molecule is O=C(O)c1ccc(NC(=O)C(C2CCCCC2)n2c(-c3ccc(Cl)cc3)nc3cc(F)ccc32)c(F)c1. The van der Waals surface area contributed by atoms with Gasteiger partial charge in [-0.25, -0.2) is 18.6 Å². The quantitative estimate of drug-likeness (QED) is 0.282. The van der Waals surface area contributed by atoms with Crippen LogP contribution in [0.4, 0.5) is 14.5 Å². The van der Waals surface area contributed by atoms with Gasteiger partial charge in [0.15, 0.2) is 0 Å². The molecule has 1 aliphatic carbocycles. The zero-order valence-electron chi connectivity index (χ0n) is 19.8. The van der Waals surface area contributed by atoms with Crippen molar-refractivity contribution in [3.8, 4) is 11.4 Å². The second-order valence-corrected chi connectivity index (χ2v) is 9.71. The highest BCUT2D eigenvalue weighted by atomic mass is 35.5. The van der Waals surface area contributed by atoms with Gasteiger partial charge < -0.3 is 15.0 Å². The van der Waals surface area contributed by atoms with Gasteiger partial charge in [-0.05, 0) is 73.4 Å². The maximum absolute atomic E-state index is 14.7. The van der Waals surface area contributed by atoms with Gasteiger partial charge in [-0.1, -0.05) is 30.9 Å². The minimum Gasteiger partial charge on any atom is -0.478 e. The van der Waals surface area contributed by atoms with Crippen LogP contribution in [0.1, 0.15) is 48.5 Å². The summed E-state index contributed by atoms with van der Waals surface area (Å²) in [5.74, 6) is -2.59. The Hall–Kier alpha value is -3.78. The molecule has 1 heterocycles. The van der Waals surface area contributed by atoms with E-state index in [4.69, 9.17) is 16.7 Å². The van der Waals surface area contributed by atoms with Crippen LogP contribution in [-0.4, -0.2) is 26.5 Å². The van der Waals surface area contributed by atoms with Crippen molar-refractivity contribution < 1.29 is 23.5 Å². The smallest absolute Gasteiger partial charge is 0.335 e. The van der Waals surface area contributed by atoms with Crippen molar-refractivity contribution in [1.29, 1.82) is 0 Å². The van der Waals surface area contributed by atoms with Gasteiger partial charge in [-0.2, -0.15) is 0 Å². The number of carbonyl (C=O) groups is 2. The number of carboxylic acids is 1. The van der Waals surface area contributed by atoms with Gasteiger partial charge in [0.2, 0.25) is 5.91 Å². The number of hydrogen-bond acceptors (Lipinski definition) is 3. The summed E-state index contributed by atoms with van der Waals surface area (Å²) in [5, 5.41) is 12.4. The van der Waals surface area contributed by atoms with E-state index in [0.717, 1.165) is 38.2 Å². The summed E-state index contributed by atoms with van der Waals surface area (Å²) in [6, 6.07) is 13.9. The Morgan fingerprint density at radius 3 is 2.41 bits per heavy atom. The van der Waals surface area contributed by atoms with Gasteiger partial charge in [0.1, 0.15) is 23.5 Å². The minimum absolute atomic E-state index is 0.0661. The van der Waals surface area contributed by atoms with Gasteiger partial charge in [-0.15, -0.1) is 0 Å². The molecular weight excluding hydrogens is 500 g/mol. The molecule has 3 aromatic carbocycles. The molecule has 1 aliphatic rings.